The molecule has 262 valence electrons. The van der Waals surface area contributed by atoms with Gasteiger partial charge in [0.2, 0.25) is 0 Å². The van der Waals surface area contributed by atoms with Crippen LogP contribution in [0.1, 0.15) is 0 Å². The van der Waals surface area contributed by atoms with Crippen molar-refractivity contribution in [3.05, 3.63) is 200 Å². The molecular weight excluding hydrogens is 683 g/mol. The summed E-state index contributed by atoms with van der Waals surface area (Å²) in [5.74, 6) is 1.90. The van der Waals surface area contributed by atoms with Crippen LogP contribution in [0, 0.1) is 0 Å². The minimum atomic E-state index is 0.624. The van der Waals surface area contributed by atoms with Crippen LogP contribution in [-0.4, -0.2) is 24.1 Å². The maximum absolute atomic E-state index is 5.10. The van der Waals surface area contributed by atoms with E-state index < -0.39 is 0 Å². The maximum Gasteiger partial charge on any atom is 0.164 e. The number of benzene rings is 8. The molecule has 11 rings (SSSR count). The standard InChI is InChI=1S/C51H33N5/c1-4-15-34(16-5-1)37-19-14-20-38(33-37)51-53-49(35-17-6-2-7-18-35)52-50(54-51)36-27-29-40(30-28-36)56-46-26-13-11-24-42(46)44-32-31-43-41-23-10-12-25-45(41)55(47(43)48(44)56)39-21-8-3-9-22-39/h1-33H. The molecule has 0 bridgehead atoms. The highest BCUT2D eigenvalue weighted by Crippen LogP contribution is 2.42. The van der Waals surface area contributed by atoms with E-state index in [0.717, 1.165) is 44.7 Å². The van der Waals surface area contributed by atoms with E-state index in [0.29, 0.717) is 17.5 Å². The maximum atomic E-state index is 5.10. The Labute approximate surface area is 323 Å². The molecule has 8 aromatic carbocycles. The summed E-state index contributed by atoms with van der Waals surface area (Å²) in [6.07, 6.45) is 0. The average molecular weight is 716 g/mol. The van der Waals surface area contributed by atoms with Gasteiger partial charge in [-0.05, 0) is 65.7 Å². The number of rotatable bonds is 6. The normalized spacial score (nSPS) is 11.6. The van der Waals surface area contributed by atoms with Crippen LogP contribution in [0.2, 0.25) is 0 Å². The molecule has 0 radical (unpaired) electrons. The molecule has 3 aromatic heterocycles. The second-order valence-corrected chi connectivity index (χ2v) is 14.1. The van der Waals surface area contributed by atoms with Gasteiger partial charge in [0.1, 0.15) is 0 Å². The fraction of sp³-hybridized carbons (Fsp3) is 0. The summed E-state index contributed by atoms with van der Waals surface area (Å²) in [6.45, 7) is 0. The Kier molecular flexibility index (Phi) is 7.42. The zero-order valence-electron chi connectivity index (χ0n) is 30.3. The van der Waals surface area contributed by atoms with E-state index in [9.17, 15) is 0 Å². The summed E-state index contributed by atoms with van der Waals surface area (Å²) in [6, 6.07) is 70.3. The van der Waals surface area contributed by atoms with Gasteiger partial charge in [-0.25, -0.2) is 15.0 Å². The molecule has 5 nitrogen and oxygen atoms in total. The van der Waals surface area contributed by atoms with E-state index in [-0.39, 0.29) is 0 Å². The van der Waals surface area contributed by atoms with Crippen molar-refractivity contribution >= 4 is 43.6 Å². The Morgan fingerprint density at radius 1 is 0.268 bits per heavy atom. The molecular formula is C51H33N5. The number of hydrogen-bond donors (Lipinski definition) is 0. The van der Waals surface area contributed by atoms with E-state index in [4.69, 9.17) is 15.0 Å². The fourth-order valence-corrected chi connectivity index (χ4v) is 8.19. The lowest BCUT2D eigenvalue weighted by atomic mass is 10.0. The second kappa shape index (κ2) is 13.0. The number of fused-ring (bicyclic) bond motifs is 7. The zero-order valence-corrected chi connectivity index (χ0v) is 30.3. The van der Waals surface area contributed by atoms with Gasteiger partial charge in [0.05, 0.1) is 22.1 Å². The highest BCUT2D eigenvalue weighted by molar-refractivity contribution is 6.23. The Morgan fingerprint density at radius 3 is 1.25 bits per heavy atom. The highest BCUT2D eigenvalue weighted by Gasteiger charge is 2.21. The number of para-hydroxylation sites is 3. The molecule has 56 heavy (non-hydrogen) atoms. The van der Waals surface area contributed by atoms with Gasteiger partial charge in [0.25, 0.3) is 0 Å². The van der Waals surface area contributed by atoms with Crippen LogP contribution in [0.3, 0.4) is 0 Å². The lowest BCUT2D eigenvalue weighted by Gasteiger charge is -2.13. The van der Waals surface area contributed by atoms with Crippen molar-refractivity contribution in [3.63, 3.8) is 0 Å². The summed E-state index contributed by atoms with van der Waals surface area (Å²) < 4.78 is 4.83. The quantitative estimate of drug-likeness (QED) is 0.172. The smallest absolute Gasteiger partial charge is 0.164 e. The van der Waals surface area contributed by atoms with Crippen molar-refractivity contribution in [1.82, 2.24) is 24.1 Å². The number of hydrogen-bond acceptors (Lipinski definition) is 3. The van der Waals surface area contributed by atoms with E-state index in [1.54, 1.807) is 0 Å². The molecule has 0 unspecified atom stereocenters. The fourth-order valence-electron chi connectivity index (χ4n) is 8.19. The Morgan fingerprint density at radius 2 is 0.679 bits per heavy atom. The molecule has 0 aliphatic heterocycles. The molecule has 0 spiro atoms. The first kappa shape index (κ1) is 31.9. The minimum absolute atomic E-state index is 0.624. The summed E-state index contributed by atoms with van der Waals surface area (Å²) in [4.78, 5) is 15.2. The van der Waals surface area contributed by atoms with Crippen LogP contribution in [0.5, 0.6) is 0 Å². The van der Waals surface area contributed by atoms with Crippen molar-refractivity contribution < 1.29 is 0 Å². The molecule has 0 aliphatic carbocycles. The van der Waals surface area contributed by atoms with Crippen LogP contribution in [0.15, 0.2) is 200 Å². The Hall–Kier alpha value is -7.63. The van der Waals surface area contributed by atoms with Gasteiger partial charge >= 0.3 is 0 Å². The summed E-state index contributed by atoms with van der Waals surface area (Å²) in [5, 5.41) is 4.88. The molecule has 11 aromatic rings. The van der Waals surface area contributed by atoms with Gasteiger partial charge < -0.3 is 9.13 Å². The van der Waals surface area contributed by atoms with E-state index in [2.05, 4.69) is 173 Å². The first-order chi connectivity index (χ1) is 27.8. The topological polar surface area (TPSA) is 48.5 Å². The third-order valence-electron chi connectivity index (χ3n) is 10.8. The second-order valence-electron chi connectivity index (χ2n) is 14.1. The summed E-state index contributed by atoms with van der Waals surface area (Å²) >= 11 is 0. The summed E-state index contributed by atoms with van der Waals surface area (Å²) in [7, 11) is 0. The van der Waals surface area contributed by atoms with Gasteiger partial charge in [0, 0.05) is 49.6 Å². The van der Waals surface area contributed by atoms with Crippen molar-refractivity contribution in [3.8, 4) is 56.7 Å². The van der Waals surface area contributed by atoms with Crippen molar-refractivity contribution in [2.45, 2.75) is 0 Å². The van der Waals surface area contributed by atoms with Crippen LogP contribution < -0.4 is 0 Å². The average Bonchev–Trinajstić information content (AvgIpc) is 3.80. The molecule has 0 N–H and O–H groups in total. The molecule has 0 amide bonds. The predicted octanol–water partition coefficient (Wildman–Crippen LogP) is 12.7. The van der Waals surface area contributed by atoms with Crippen molar-refractivity contribution in [2.24, 2.45) is 0 Å². The first-order valence-electron chi connectivity index (χ1n) is 18.9. The van der Waals surface area contributed by atoms with Crippen LogP contribution >= 0.6 is 0 Å². The SMILES string of the molecule is c1ccc(-c2cccc(-c3nc(-c4ccccc4)nc(-c4ccc(-n5c6ccccc6c6ccc7c8ccccc8n(-c8ccccc8)c7c65)cc4)n3)c2)cc1. The Balaban J connectivity index is 1.11. The Bertz CT molecular complexity index is 3220. The molecule has 3 heterocycles. The molecule has 0 fully saturated rings. The first-order valence-corrected chi connectivity index (χ1v) is 18.9. The largest absolute Gasteiger partial charge is 0.307 e. The number of nitrogens with zero attached hydrogens (tertiary/aromatic N) is 5. The molecule has 5 heteroatoms. The third kappa shape index (κ3) is 5.21. The van der Waals surface area contributed by atoms with Crippen molar-refractivity contribution in [2.75, 3.05) is 0 Å². The molecule has 0 saturated carbocycles. The van der Waals surface area contributed by atoms with Gasteiger partial charge in [-0.1, -0.05) is 146 Å². The van der Waals surface area contributed by atoms with Crippen LogP contribution in [0.4, 0.5) is 0 Å². The lowest BCUT2D eigenvalue weighted by Crippen LogP contribution is -2.01. The number of aromatic nitrogens is 5. The molecule has 0 atom stereocenters. The van der Waals surface area contributed by atoms with E-state index in [1.807, 2.05) is 36.4 Å². The molecule has 0 saturated heterocycles. The molecule has 0 aliphatic rings. The lowest BCUT2D eigenvalue weighted by molar-refractivity contribution is 1.07. The third-order valence-corrected chi connectivity index (χ3v) is 10.8. The summed E-state index contributed by atoms with van der Waals surface area (Å²) in [5.41, 5.74) is 11.9. The minimum Gasteiger partial charge on any atom is -0.307 e. The van der Waals surface area contributed by atoms with Gasteiger partial charge in [-0.3, -0.25) is 0 Å². The van der Waals surface area contributed by atoms with Gasteiger partial charge in [-0.2, -0.15) is 0 Å². The predicted molar refractivity (Wildman–Crippen MR) is 230 cm³/mol. The van der Waals surface area contributed by atoms with Gasteiger partial charge in [0.15, 0.2) is 17.5 Å². The van der Waals surface area contributed by atoms with Gasteiger partial charge in [-0.15, -0.1) is 0 Å². The highest BCUT2D eigenvalue weighted by atomic mass is 15.1. The van der Waals surface area contributed by atoms with Crippen LogP contribution in [0.25, 0.3) is 100 Å². The monoisotopic (exact) mass is 715 g/mol. The van der Waals surface area contributed by atoms with E-state index in [1.165, 1.54) is 38.1 Å². The van der Waals surface area contributed by atoms with Crippen molar-refractivity contribution in [1.29, 1.82) is 0 Å². The van der Waals surface area contributed by atoms with Crippen LogP contribution in [-0.2, 0) is 0 Å². The van der Waals surface area contributed by atoms with E-state index >= 15 is 0 Å². The zero-order chi connectivity index (χ0) is 37.0.